The van der Waals surface area contributed by atoms with E-state index in [1.54, 1.807) is 13.0 Å². The number of rotatable bonds is 6. The number of benzene rings is 1. The molecule has 0 radical (unpaired) electrons. The minimum atomic E-state index is -0.170. The number of nitrogens with zero attached hydrogens (tertiary/aromatic N) is 4. The molecule has 4 heterocycles. The fraction of sp³-hybridized carbons (Fsp3) is 0.310. The molecule has 0 atom stereocenters. The molecule has 190 valence electrons. The van der Waals surface area contributed by atoms with Crippen LogP contribution in [-0.4, -0.2) is 38.0 Å². The van der Waals surface area contributed by atoms with Crippen LogP contribution in [0.5, 0.6) is 0 Å². The standard InChI is InChI=1S/C29H31N5O3/c1-18-12-19(2)34(32-18)16-22-6-5-7-23(13-22)29(36)33-10-8-26-24(17-33)14-30-20(3)27(26)15-31-28(35)25-9-11-37-21(25)4/h5-7,9,11-14H,8,10,15-17H2,1-4H3,(H,31,35). The van der Waals surface area contributed by atoms with Crippen LogP contribution in [0.1, 0.15) is 65.8 Å². The smallest absolute Gasteiger partial charge is 0.255 e. The van der Waals surface area contributed by atoms with Crippen LogP contribution in [0.2, 0.25) is 0 Å². The van der Waals surface area contributed by atoms with E-state index in [1.165, 1.54) is 11.8 Å². The summed E-state index contributed by atoms with van der Waals surface area (Å²) in [6, 6.07) is 11.5. The van der Waals surface area contributed by atoms with E-state index in [0.717, 1.165) is 33.8 Å². The van der Waals surface area contributed by atoms with Gasteiger partial charge in [0.25, 0.3) is 11.8 Å². The summed E-state index contributed by atoms with van der Waals surface area (Å²) >= 11 is 0. The summed E-state index contributed by atoms with van der Waals surface area (Å²) in [4.78, 5) is 32.5. The normalized spacial score (nSPS) is 12.9. The van der Waals surface area contributed by atoms with E-state index >= 15 is 0 Å². The molecule has 1 aromatic carbocycles. The molecule has 0 saturated carbocycles. The number of furan rings is 1. The second-order valence-electron chi connectivity index (χ2n) is 9.66. The zero-order valence-corrected chi connectivity index (χ0v) is 21.7. The van der Waals surface area contributed by atoms with Crippen LogP contribution in [0.25, 0.3) is 0 Å². The van der Waals surface area contributed by atoms with Crippen LogP contribution < -0.4 is 5.32 Å². The average Bonchev–Trinajstić information content (AvgIpc) is 3.46. The molecule has 5 rings (SSSR count). The minimum absolute atomic E-state index is 0.00623. The first-order chi connectivity index (χ1) is 17.8. The van der Waals surface area contributed by atoms with Gasteiger partial charge in [0, 0.05) is 42.8 Å². The zero-order valence-electron chi connectivity index (χ0n) is 21.7. The van der Waals surface area contributed by atoms with Gasteiger partial charge in [-0.05, 0) is 80.6 Å². The van der Waals surface area contributed by atoms with Gasteiger partial charge in [0.05, 0.1) is 24.1 Å². The van der Waals surface area contributed by atoms with Crippen molar-refractivity contribution in [2.75, 3.05) is 6.54 Å². The third-order valence-electron chi connectivity index (χ3n) is 7.02. The van der Waals surface area contributed by atoms with Crippen molar-refractivity contribution in [1.82, 2.24) is 25.0 Å². The maximum absolute atomic E-state index is 13.4. The molecule has 0 bridgehead atoms. The fourth-order valence-corrected chi connectivity index (χ4v) is 5.01. The predicted molar refractivity (Wildman–Crippen MR) is 139 cm³/mol. The summed E-state index contributed by atoms with van der Waals surface area (Å²) in [6.07, 6.45) is 4.09. The zero-order chi connectivity index (χ0) is 26.1. The Morgan fingerprint density at radius 2 is 1.95 bits per heavy atom. The van der Waals surface area contributed by atoms with Gasteiger partial charge >= 0.3 is 0 Å². The lowest BCUT2D eigenvalue weighted by molar-refractivity contribution is 0.0734. The molecule has 1 aliphatic heterocycles. The van der Waals surface area contributed by atoms with Gasteiger partial charge in [-0.1, -0.05) is 12.1 Å². The molecule has 37 heavy (non-hydrogen) atoms. The second kappa shape index (κ2) is 10.0. The molecular weight excluding hydrogens is 466 g/mol. The Morgan fingerprint density at radius 3 is 2.68 bits per heavy atom. The van der Waals surface area contributed by atoms with Crippen molar-refractivity contribution in [2.45, 2.75) is 53.8 Å². The Hall–Kier alpha value is -4.20. The van der Waals surface area contributed by atoms with E-state index in [2.05, 4.69) is 15.4 Å². The summed E-state index contributed by atoms with van der Waals surface area (Å²) in [5, 5.41) is 7.54. The molecule has 1 N–H and O–H groups in total. The molecule has 8 heteroatoms. The molecule has 4 aromatic rings. The third-order valence-corrected chi connectivity index (χ3v) is 7.02. The second-order valence-corrected chi connectivity index (χ2v) is 9.66. The van der Waals surface area contributed by atoms with Crippen LogP contribution in [0.3, 0.4) is 0 Å². The van der Waals surface area contributed by atoms with Crippen LogP contribution in [0, 0.1) is 27.7 Å². The van der Waals surface area contributed by atoms with E-state index < -0.39 is 0 Å². The van der Waals surface area contributed by atoms with E-state index in [4.69, 9.17) is 4.42 Å². The average molecular weight is 498 g/mol. The molecule has 0 spiro atoms. The number of fused-ring (bicyclic) bond motifs is 1. The number of carbonyl (C=O) groups is 2. The number of pyridine rings is 1. The van der Waals surface area contributed by atoms with Gasteiger partial charge in [0.2, 0.25) is 0 Å². The number of carbonyl (C=O) groups excluding carboxylic acids is 2. The quantitative estimate of drug-likeness (QED) is 0.429. The Balaban J connectivity index is 1.30. The van der Waals surface area contributed by atoms with E-state index in [-0.39, 0.29) is 11.8 Å². The molecule has 0 unspecified atom stereocenters. The summed E-state index contributed by atoms with van der Waals surface area (Å²) in [5.41, 5.74) is 8.42. The van der Waals surface area contributed by atoms with Crippen LogP contribution >= 0.6 is 0 Å². The molecule has 0 saturated heterocycles. The lowest BCUT2D eigenvalue weighted by Gasteiger charge is -2.30. The first-order valence-electron chi connectivity index (χ1n) is 12.5. The van der Waals surface area contributed by atoms with Crippen molar-refractivity contribution < 1.29 is 14.0 Å². The summed E-state index contributed by atoms with van der Waals surface area (Å²) in [6.45, 7) is 9.85. The first-order valence-corrected chi connectivity index (χ1v) is 12.5. The fourth-order valence-electron chi connectivity index (χ4n) is 5.01. The van der Waals surface area contributed by atoms with Gasteiger partial charge in [0.15, 0.2) is 0 Å². The number of nitrogens with one attached hydrogen (secondary N) is 1. The molecular formula is C29H31N5O3. The highest BCUT2D eigenvalue weighted by Crippen LogP contribution is 2.25. The molecule has 8 nitrogen and oxygen atoms in total. The van der Waals surface area contributed by atoms with Gasteiger partial charge in [-0.2, -0.15) is 5.10 Å². The summed E-state index contributed by atoms with van der Waals surface area (Å²) in [5.74, 6) is 0.429. The number of hydrogen-bond acceptors (Lipinski definition) is 5. The Labute approximate surface area is 216 Å². The van der Waals surface area contributed by atoms with Crippen molar-refractivity contribution in [3.63, 3.8) is 0 Å². The molecule has 1 aliphatic rings. The van der Waals surface area contributed by atoms with Gasteiger partial charge in [0.1, 0.15) is 5.76 Å². The summed E-state index contributed by atoms with van der Waals surface area (Å²) < 4.78 is 7.21. The number of hydrogen-bond donors (Lipinski definition) is 1. The third kappa shape index (κ3) is 5.05. The number of amides is 2. The first kappa shape index (κ1) is 24.5. The van der Waals surface area contributed by atoms with Gasteiger partial charge in [-0.3, -0.25) is 19.3 Å². The number of aromatic nitrogens is 3. The van der Waals surface area contributed by atoms with Crippen molar-refractivity contribution in [3.8, 4) is 0 Å². The Kier molecular flexibility index (Phi) is 6.65. The molecule has 2 amide bonds. The molecule has 3 aromatic heterocycles. The SMILES string of the molecule is Cc1cc(C)n(Cc2cccc(C(=O)N3CCc4c(cnc(C)c4CNC(=O)c4ccoc4C)C3)c2)n1. The van der Waals surface area contributed by atoms with E-state index in [0.29, 0.717) is 49.5 Å². The van der Waals surface area contributed by atoms with Gasteiger partial charge < -0.3 is 14.6 Å². The topological polar surface area (TPSA) is 93.3 Å². The van der Waals surface area contributed by atoms with Gasteiger partial charge in [-0.15, -0.1) is 0 Å². The highest BCUT2D eigenvalue weighted by atomic mass is 16.3. The van der Waals surface area contributed by atoms with E-state index in [1.807, 2.05) is 66.9 Å². The van der Waals surface area contributed by atoms with Crippen LogP contribution in [0.4, 0.5) is 0 Å². The molecule has 0 aliphatic carbocycles. The van der Waals surface area contributed by atoms with Crippen molar-refractivity contribution in [3.05, 3.63) is 105 Å². The van der Waals surface area contributed by atoms with Crippen molar-refractivity contribution in [2.24, 2.45) is 0 Å². The molecule has 0 fully saturated rings. The highest BCUT2D eigenvalue weighted by molar-refractivity contribution is 5.95. The highest BCUT2D eigenvalue weighted by Gasteiger charge is 2.25. The predicted octanol–water partition coefficient (Wildman–Crippen LogP) is 4.28. The maximum atomic E-state index is 13.4. The van der Waals surface area contributed by atoms with Crippen molar-refractivity contribution in [1.29, 1.82) is 0 Å². The van der Waals surface area contributed by atoms with E-state index in [9.17, 15) is 9.59 Å². The minimum Gasteiger partial charge on any atom is -0.469 e. The van der Waals surface area contributed by atoms with Crippen molar-refractivity contribution >= 4 is 11.8 Å². The van der Waals surface area contributed by atoms with Gasteiger partial charge in [-0.25, -0.2) is 0 Å². The Bertz CT molecular complexity index is 1480. The monoisotopic (exact) mass is 497 g/mol. The number of aryl methyl sites for hydroxylation is 4. The summed E-state index contributed by atoms with van der Waals surface area (Å²) in [7, 11) is 0. The van der Waals surface area contributed by atoms with Crippen LogP contribution in [0.15, 0.2) is 53.3 Å². The lowest BCUT2D eigenvalue weighted by atomic mass is 9.94. The van der Waals surface area contributed by atoms with Crippen LogP contribution in [-0.2, 0) is 26.1 Å². The maximum Gasteiger partial charge on any atom is 0.255 e. The lowest BCUT2D eigenvalue weighted by Crippen LogP contribution is -2.37. The Morgan fingerprint density at radius 1 is 1.11 bits per heavy atom. The largest absolute Gasteiger partial charge is 0.469 e.